The first kappa shape index (κ1) is 16.8. The Hall–Kier alpha value is -2.02. The van der Waals surface area contributed by atoms with Crippen molar-refractivity contribution < 1.29 is 23.1 Å². The van der Waals surface area contributed by atoms with Crippen LogP contribution in [0.2, 0.25) is 0 Å². The number of rotatable bonds is 2. The maximum absolute atomic E-state index is 13.8. The molecule has 1 aromatic carbocycles. The molecule has 2 saturated heterocycles. The first-order valence-electron chi connectivity index (χ1n) is 8.17. The van der Waals surface area contributed by atoms with Crippen LogP contribution in [0.4, 0.5) is 8.78 Å². The number of piperidine rings is 1. The van der Waals surface area contributed by atoms with E-state index in [2.05, 4.69) is 0 Å². The minimum Gasteiger partial charge on any atom is -0.378 e. The lowest BCUT2D eigenvalue weighted by molar-refractivity contribution is -0.141. The summed E-state index contributed by atoms with van der Waals surface area (Å²) in [5.74, 6) is -2.77. The third-order valence-electron chi connectivity index (χ3n) is 4.56. The van der Waals surface area contributed by atoms with Gasteiger partial charge in [0, 0.05) is 26.2 Å². The molecule has 2 fully saturated rings. The maximum Gasteiger partial charge on any atom is 0.259 e. The summed E-state index contributed by atoms with van der Waals surface area (Å²) in [6.45, 7) is 2.72. The van der Waals surface area contributed by atoms with Crippen molar-refractivity contribution in [2.45, 2.75) is 12.8 Å². The molecule has 130 valence electrons. The van der Waals surface area contributed by atoms with Crippen LogP contribution < -0.4 is 0 Å². The summed E-state index contributed by atoms with van der Waals surface area (Å²) in [7, 11) is 0. The summed E-state index contributed by atoms with van der Waals surface area (Å²) in [5.41, 5.74) is -0.544. The molecule has 0 saturated carbocycles. The first-order valence-corrected chi connectivity index (χ1v) is 8.17. The second-order valence-corrected chi connectivity index (χ2v) is 6.12. The summed E-state index contributed by atoms with van der Waals surface area (Å²) in [6, 6.07) is 3.36. The molecule has 2 heterocycles. The molecule has 1 aromatic rings. The van der Waals surface area contributed by atoms with E-state index in [4.69, 9.17) is 4.74 Å². The van der Waals surface area contributed by atoms with Gasteiger partial charge in [-0.1, -0.05) is 6.07 Å². The Morgan fingerprint density at radius 1 is 1.04 bits per heavy atom. The summed E-state index contributed by atoms with van der Waals surface area (Å²) in [5, 5.41) is 0. The molecular formula is C17H20F2N2O3. The monoisotopic (exact) mass is 338 g/mol. The minimum atomic E-state index is -0.873. The van der Waals surface area contributed by atoms with Crippen LogP contribution in [0.1, 0.15) is 23.2 Å². The average molecular weight is 338 g/mol. The Bertz CT molecular complexity index is 612. The van der Waals surface area contributed by atoms with Crippen LogP contribution in [0.15, 0.2) is 18.2 Å². The van der Waals surface area contributed by atoms with Crippen LogP contribution in [-0.2, 0) is 9.53 Å². The van der Waals surface area contributed by atoms with E-state index in [-0.39, 0.29) is 18.4 Å². The SMILES string of the molecule is O=C(c1c(F)cccc1F)N1CCCC(C(=O)N2CCOCC2)C1. The van der Waals surface area contributed by atoms with Crippen molar-refractivity contribution in [2.24, 2.45) is 5.92 Å². The standard InChI is InChI=1S/C17H20F2N2O3/c18-13-4-1-5-14(19)15(13)17(23)21-6-2-3-12(11-21)16(22)20-7-9-24-10-8-20/h1,4-5,12H,2-3,6-11H2. The van der Waals surface area contributed by atoms with Gasteiger partial charge in [0.1, 0.15) is 17.2 Å². The van der Waals surface area contributed by atoms with E-state index in [9.17, 15) is 18.4 Å². The van der Waals surface area contributed by atoms with Crippen LogP contribution in [0, 0.1) is 17.6 Å². The fourth-order valence-corrected chi connectivity index (χ4v) is 3.27. The number of benzene rings is 1. The van der Waals surface area contributed by atoms with Gasteiger partial charge in [-0.15, -0.1) is 0 Å². The quantitative estimate of drug-likeness (QED) is 0.824. The van der Waals surface area contributed by atoms with Crippen molar-refractivity contribution in [1.29, 1.82) is 0 Å². The molecule has 0 aromatic heterocycles. The molecule has 0 radical (unpaired) electrons. The lowest BCUT2D eigenvalue weighted by Gasteiger charge is -2.36. The minimum absolute atomic E-state index is 0.00944. The predicted octanol–water partition coefficient (Wildman–Crippen LogP) is 1.68. The first-order chi connectivity index (χ1) is 11.6. The van der Waals surface area contributed by atoms with Crippen molar-refractivity contribution >= 4 is 11.8 Å². The molecule has 1 unspecified atom stereocenters. The smallest absolute Gasteiger partial charge is 0.259 e. The van der Waals surface area contributed by atoms with E-state index in [0.29, 0.717) is 45.7 Å². The number of ether oxygens (including phenoxy) is 1. The molecule has 2 aliphatic heterocycles. The number of morpholine rings is 1. The second kappa shape index (κ2) is 7.25. The van der Waals surface area contributed by atoms with E-state index >= 15 is 0 Å². The van der Waals surface area contributed by atoms with Gasteiger partial charge >= 0.3 is 0 Å². The topological polar surface area (TPSA) is 49.9 Å². The fourth-order valence-electron chi connectivity index (χ4n) is 3.27. The molecule has 2 aliphatic rings. The molecule has 5 nitrogen and oxygen atoms in total. The number of carbonyl (C=O) groups is 2. The molecule has 3 rings (SSSR count). The van der Waals surface area contributed by atoms with Gasteiger partial charge in [-0.2, -0.15) is 0 Å². The molecule has 7 heteroatoms. The van der Waals surface area contributed by atoms with Crippen LogP contribution in [0.3, 0.4) is 0 Å². The predicted molar refractivity (Wildman–Crippen MR) is 82.4 cm³/mol. The highest BCUT2D eigenvalue weighted by atomic mass is 19.1. The van der Waals surface area contributed by atoms with Gasteiger partial charge in [-0.25, -0.2) is 8.78 Å². The number of carbonyl (C=O) groups excluding carboxylic acids is 2. The fraction of sp³-hybridized carbons (Fsp3) is 0.529. The third-order valence-corrected chi connectivity index (χ3v) is 4.56. The number of nitrogens with zero attached hydrogens (tertiary/aromatic N) is 2. The molecule has 0 spiro atoms. The molecule has 0 N–H and O–H groups in total. The Kier molecular flexibility index (Phi) is 5.08. The highest BCUT2D eigenvalue weighted by Gasteiger charge is 2.33. The normalized spacial score (nSPS) is 21.7. The van der Waals surface area contributed by atoms with Crippen molar-refractivity contribution in [3.05, 3.63) is 35.4 Å². The van der Waals surface area contributed by atoms with Crippen molar-refractivity contribution in [3.63, 3.8) is 0 Å². The van der Waals surface area contributed by atoms with Gasteiger partial charge in [-0.05, 0) is 25.0 Å². The van der Waals surface area contributed by atoms with Crippen molar-refractivity contribution in [3.8, 4) is 0 Å². The second-order valence-electron chi connectivity index (χ2n) is 6.12. The van der Waals surface area contributed by atoms with Gasteiger partial charge in [0.05, 0.1) is 19.1 Å². The Morgan fingerprint density at radius 2 is 1.71 bits per heavy atom. The summed E-state index contributed by atoms with van der Waals surface area (Å²) in [6.07, 6.45) is 1.32. The van der Waals surface area contributed by atoms with E-state index in [1.165, 1.54) is 11.0 Å². The zero-order chi connectivity index (χ0) is 17.1. The molecule has 1 atom stereocenters. The lowest BCUT2D eigenvalue weighted by Crippen LogP contribution is -2.49. The largest absolute Gasteiger partial charge is 0.378 e. The summed E-state index contributed by atoms with van der Waals surface area (Å²) in [4.78, 5) is 28.2. The van der Waals surface area contributed by atoms with Crippen molar-refractivity contribution in [2.75, 3.05) is 39.4 Å². The van der Waals surface area contributed by atoms with E-state index in [1.54, 1.807) is 4.90 Å². The Morgan fingerprint density at radius 3 is 2.38 bits per heavy atom. The average Bonchev–Trinajstić information content (AvgIpc) is 2.61. The van der Waals surface area contributed by atoms with E-state index < -0.39 is 23.1 Å². The molecule has 24 heavy (non-hydrogen) atoms. The lowest BCUT2D eigenvalue weighted by atomic mass is 9.95. The van der Waals surface area contributed by atoms with Gasteiger partial charge < -0.3 is 14.5 Å². The van der Waals surface area contributed by atoms with Crippen LogP contribution in [0.25, 0.3) is 0 Å². The molecule has 0 bridgehead atoms. The van der Waals surface area contributed by atoms with E-state index in [1.807, 2.05) is 0 Å². The third kappa shape index (κ3) is 3.40. The number of amides is 2. The highest BCUT2D eigenvalue weighted by molar-refractivity contribution is 5.95. The van der Waals surface area contributed by atoms with Crippen molar-refractivity contribution in [1.82, 2.24) is 9.80 Å². The van der Waals surface area contributed by atoms with Gasteiger partial charge in [0.15, 0.2) is 0 Å². The Labute approximate surface area is 139 Å². The van der Waals surface area contributed by atoms with Crippen LogP contribution >= 0.6 is 0 Å². The zero-order valence-electron chi connectivity index (χ0n) is 13.3. The van der Waals surface area contributed by atoms with Gasteiger partial charge in [-0.3, -0.25) is 9.59 Å². The zero-order valence-corrected chi connectivity index (χ0v) is 13.3. The molecular weight excluding hydrogens is 318 g/mol. The van der Waals surface area contributed by atoms with Gasteiger partial charge in [0.25, 0.3) is 5.91 Å². The Balaban J connectivity index is 1.71. The number of halogens is 2. The number of hydrogen-bond donors (Lipinski definition) is 0. The number of hydrogen-bond acceptors (Lipinski definition) is 3. The summed E-state index contributed by atoms with van der Waals surface area (Å²) >= 11 is 0. The van der Waals surface area contributed by atoms with Crippen LogP contribution in [-0.4, -0.2) is 61.0 Å². The van der Waals surface area contributed by atoms with Gasteiger partial charge in [0.2, 0.25) is 5.91 Å². The van der Waals surface area contributed by atoms with E-state index in [0.717, 1.165) is 12.1 Å². The summed E-state index contributed by atoms with van der Waals surface area (Å²) < 4.78 is 32.9. The molecule has 2 amide bonds. The van der Waals surface area contributed by atoms with Crippen LogP contribution in [0.5, 0.6) is 0 Å². The highest BCUT2D eigenvalue weighted by Crippen LogP contribution is 2.23. The molecule has 0 aliphatic carbocycles. The number of likely N-dealkylation sites (tertiary alicyclic amines) is 1. The maximum atomic E-state index is 13.8.